The lowest BCUT2D eigenvalue weighted by atomic mass is 9.88. The predicted octanol–water partition coefficient (Wildman–Crippen LogP) is 7.53. The molecule has 2 amide bonds. The first-order chi connectivity index (χ1) is 28.1. The van der Waals surface area contributed by atoms with E-state index >= 15 is 0 Å². The lowest BCUT2D eigenvalue weighted by Gasteiger charge is -2.26. The highest BCUT2D eigenvalue weighted by atomic mass is 16.5. The molecule has 3 heterocycles. The molecule has 0 bridgehead atoms. The average molecular weight is 762 g/mol. The summed E-state index contributed by atoms with van der Waals surface area (Å²) in [6.45, 7) is 5.06. The highest BCUT2D eigenvalue weighted by Crippen LogP contribution is 2.39. The van der Waals surface area contributed by atoms with Gasteiger partial charge in [0.25, 0.3) is 11.8 Å². The van der Waals surface area contributed by atoms with Gasteiger partial charge in [0, 0.05) is 83.6 Å². The quantitative estimate of drug-likeness (QED) is 0.0698. The van der Waals surface area contributed by atoms with Crippen LogP contribution in [0.3, 0.4) is 0 Å². The minimum Gasteiger partial charge on any atom is -0.378 e. The summed E-state index contributed by atoms with van der Waals surface area (Å²) in [4.78, 5) is 27.4. The molecule has 6 aromatic rings. The van der Waals surface area contributed by atoms with Gasteiger partial charge in [-0.25, -0.2) is 0 Å². The fourth-order valence-electron chi connectivity index (χ4n) is 9.31. The van der Waals surface area contributed by atoms with Crippen LogP contribution in [0.5, 0.6) is 0 Å². The summed E-state index contributed by atoms with van der Waals surface area (Å²) in [5.74, 6) is -0.739. The molecule has 2 aliphatic carbocycles. The van der Waals surface area contributed by atoms with Gasteiger partial charge in [0.2, 0.25) is 0 Å². The molecular formula is C48H51N5O4. The molecule has 9 heteroatoms. The van der Waals surface area contributed by atoms with Crippen LogP contribution >= 0.6 is 0 Å². The largest absolute Gasteiger partial charge is 0.378 e. The van der Waals surface area contributed by atoms with Crippen LogP contribution in [0, 0.1) is 0 Å². The second-order valence-electron chi connectivity index (χ2n) is 15.5. The first-order valence-electron chi connectivity index (χ1n) is 20.7. The number of amides is 2. The van der Waals surface area contributed by atoms with E-state index in [0.717, 1.165) is 78.3 Å². The lowest BCUT2D eigenvalue weighted by molar-refractivity contribution is -0.122. The molecule has 292 valence electrons. The van der Waals surface area contributed by atoms with Gasteiger partial charge in [-0.3, -0.25) is 14.9 Å². The normalized spacial score (nSPS) is 18.0. The van der Waals surface area contributed by atoms with Crippen LogP contribution < -0.4 is 16.0 Å². The number of rotatable bonds is 16. The molecule has 0 saturated carbocycles. The fraction of sp³-hybridized carbons (Fsp3) is 0.333. The predicted molar refractivity (Wildman–Crippen MR) is 226 cm³/mol. The minimum atomic E-state index is -0.372. The molecule has 0 spiro atoms. The molecular weight excluding hydrogens is 711 g/mol. The first kappa shape index (κ1) is 37.3. The topological polar surface area (TPSA) is 98.6 Å². The smallest absolute Gasteiger partial charge is 0.259 e. The van der Waals surface area contributed by atoms with Crippen molar-refractivity contribution in [3.63, 3.8) is 0 Å². The van der Waals surface area contributed by atoms with E-state index in [1.165, 1.54) is 35.1 Å². The second-order valence-corrected chi connectivity index (χ2v) is 15.5. The molecule has 2 unspecified atom stereocenters. The number of aryl methyl sites for hydroxylation is 2. The third kappa shape index (κ3) is 7.73. The molecule has 0 fully saturated rings. The van der Waals surface area contributed by atoms with E-state index in [2.05, 4.69) is 91.9 Å². The van der Waals surface area contributed by atoms with Gasteiger partial charge < -0.3 is 29.2 Å². The van der Waals surface area contributed by atoms with Crippen molar-refractivity contribution in [3.8, 4) is 0 Å². The number of hydrogen-bond acceptors (Lipinski definition) is 6. The van der Waals surface area contributed by atoms with Crippen LogP contribution in [0.15, 0.2) is 109 Å². The molecule has 2 aromatic heterocycles. The Bertz CT molecular complexity index is 2440. The monoisotopic (exact) mass is 761 g/mol. The number of fused-ring (bicyclic) bond motifs is 4. The van der Waals surface area contributed by atoms with Crippen LogP contribution in [-0.4, -0.2) is 60.5 Å². The Balaban J connectivity index is 0.866. The van der Waals surface area contributed by atoms with Gasteiger partial charge in [0.15, 0.2) is 0 Å². The standard InChI is InChI=1S/C48H51N5O4/c54-47-45(39-31-52(43-21-7-5-17-37(39)43)25-23-49-41-19-9-13-33-11-1-3-15-35(33)41)46(48(55)51-47)40-32-53(44-22-8-6-18-38(40)44)26-28-57-30-29-56-27-24-50-42-20-10-14-34-12-2-4-16-36(34)42/h1-8,11-12,15-18,21-22,31-32,41-42,49-50H,9-10,13-14,19-20,23-30H2,(H,51,54,55). The molecule has 3 N–H and O–H groups in total. The Hall–Kier alpha value is -5.32. The average Bonchev–Trinajstić information content (AvgIpc) is 3.89. The van der Waals surface area contributed by atoms with Crippen molar-refractivity contribution >= 4 is 44.8 Å². The number of carbonyl (C=O) groups excluding carboxylic acids is 2. The van der Waals surface area contributed by atoms with Gasteiger partial charge in [-0.05, 0) is 72.9 Å². The van der Waals surface area contributed by atoms with Crippen LogP contribution in [0.2, 0.25) is 0 Å². The molecule has 1 aliphatic heterocycles. The number of nitrogens with zero attached hydrogens (tertiary/aromatic N) is 2. The Morgan fingerprint density at radius 1 is 0.561 bits per heavy atom. The van der Waals surface area contributed by atoms with E-state index < -0.39 is 0 Å². The van der Waals surface area contributed by atoms with Gasteiger partial charge in [0.05, 0.1) is 37.6 Å². The van der Waals surface area contributed by atoms with Crippen molar-refractivity contribution in [1.82, 2.24) is 25.1 Å². The number of hydrogen-bond donors (Lipinski definition) is 3. The van der Waals surface area contributed by atoms with Crippen molar-refractivity contribution in [2.75, 3.05) is 39.5 Å². The zero-order valence-corrected chi connectivity index (χ0v) is 32.5. The molecule has 0 saturated heterocycles. The summed E-state index contributed by atoms with van der Waals surface area (Å²) in [5, 5.41) is 12.0. The summed E-state index contributed by atoms with van der Waals surface area (Å²) < 4.78 is 16.2. The van der Waals surface area contributed by atoms with Gasteiger partial charge >= 0.3 is 0 Å². The highest BCUT2D eigenvalue weighted by Gasteiger charge is 2.35. The molecule has 0 radical (unpaired) electrons. The van der Waals surface area contributed by atoms with E-state index in [4.69, 9.17) is 9.47 Å². The zero-order chi connectivity index (χ0) is 38.6. The zero-order valence-electron chi connectivity index (χ0n) is 32.5. The van der Waals surface area contributed by atoms with E-state index in [9.17, 15) is 9.59 Å². The molecule has 9 rings (SSSR count). The van der Waals surface area contributed by atoms with Crippen molar-refractivity contribution in [3.05, 3.63) is 143 Å². The summed E-state index contributed by atoms with van der Waals surface area (Å²) >= 11 is 0. The van der Waals surface area contributed by atoms with E-state index in [0.29, 0.717) is 56.2 Å². The molecule has 3 aliphatic rings. The summed E-state index contributed by atoms with van der Waals surface area (Å²) in [6, 6.07) is 34.4. The maximum Gasteiger partial charge on any atom is 0.259 e. The van der Waals surface area contributed by atoms with Gasteiger partial charge in [-0.15, -0.1) is 0 Å². The van der Waals surface area contributed by atoms with Gasteiger partial charge in [-0.1, -0.05) is 84.9 Å². The summed E-state index contributed by atoms with van der Waals surface area (Å²) in [5.41, 5.74) is 10.1. The number of carbonyl (C=O) groups is 2. The Morgan fingerprint density at radius 3 is 1.65 bits per heavy atom. The van der Waals surface area contributed by atoms with Crippen molar-refractivity contribution < 1.29 is 19.1 Å². The SMILES string of the molecule is O=C1NC(=O)C(c2cn(CCOCCOCCNC3CCCc4ccccc43)c3ccccc23)=C1c1cn(CCNC2CCCc3ccccc32)c2ccccc12. The minimum absolute atomic E-state index is 0.331. The van der Waals surface area contributed by atoms with Gasteiger partial charge in [0.1, 0.15) is 0 Å². The first-order valence-corrected chi connectivity index (χ1v) is 20.7. The molecule has 2 atom stereocenters. The van der Waals surface area contributed by atoms with Crippen LogP contribution in [0.25, 0.3) is 33.0 Å². The Kier molecular flexibility index (Phi) is 11.1. The number of benzene rings is 4. The van der Waals surface area contributed by atoms with Crippen LogP contribution in [0.4, 0.5) is 0 Å². The Morgan fingerprint density at radius 2 is 1.05 bits per heavy atom. The number of nitrogens with one attached hydrogen (secondary N) is 3. The van der Waals surface area contributed by atoms with E-state index in [-0.39, 0.29) is 11.8 Å². The summed E-state index contributed by atoms with van der Waals surface area (Å²) in [7, 11) is 0. The maximum absolute atomic E-state index is 13.7. The van der Waals surface area contributed by atoms with Crippen molar-refractivity contribution in [2.24, 2.45) is 0 Å². The summed E-state index contributed by atoms with van der Waals surface area (Å²) in [6.07, 6.45) is 11.0. The highest BCUT2D eigenvalue weighted by molar-refractivity contribution is 6.50. The second kappa shape index (κ2) is 17.0. The number of ether oxygens (including phenoxy) is 2. The lowest BCUT2D eigenvalue weighted by Crippen LogP contribution is -2.28. The maximum atomic E-state index is 13.7. The van der Waals surface area contributed by atoms with Crippen molar-refractivity contribution in [1.29, 1.82) is 0 Å². The number of aromatic nitrogens is 2. The van der Waals surface area contributed by atoms with E-state index in [1.54, 1.807) is 0 Å². The van der Waals surface area contributed by atoms with Crippen LogP contribution in [-0.2, 0) is 45.0 Å². The third-order valence-corrected chi connectivity index (χ3v) is 12.0. The number of imide groups is 1. The van der Waals surface area contributed by atoms with Crippen LogP contribution in [0.1, 0.15) is 71.1 Å². The molecule has 9 nitrogen and oxygen atoms in total. The van der Waals surface area contributed by atoms with Crippen molar-refractivity contribution in [2.45, 2.75) is 63.7 Å². The Labute approximate surface area is 334 Å². The fourth-order valence-corrected chi connectivity index (χ4v) is 9.31. The third-order valence-electron chi connectivity index (χ3n) is 12.0. The van der Waals surface area contributed by atoms with Gasteiger partial charge in [-0.2, -0.15) is 0 Å². The molecule has 4 aromatic carbocycles. The molecule has 57 heavy (non-hydrogen) atoms. The van der Waals surface area contributed by atoms with E-state index in [1.807, 2.05) is 42.6 Å². The number of para-hydroxylation sites is 2.